The maximum atomic E-state index is 4.93. The van der Waals surface area contributed by atoms with E-state index in [1.807, 2.05) is 0 Å². The van der Waals surface area contributed by atoms with Gasteiger partial charge in [-0.05, 0) is 99.7 Å². The van der Waals surface area contributed by atoms with Crippen LogP contribution in [0.4, 0.5) is 0 Å². The van der Waals surface area contributed by atoms with Gasteiger partial charge in [-0.25, -0.2) is 0 Å². The van der Waals surface area contributed by atoms with Crippen LogP contribution in [0.3, 0.4) is 0 Å². The summed E-state index contributed by atoms with van der Waals surface area (Å²) in [6.45, 7) is 0. The monoisotopic (exact) mass is 424 g/mol. The molecule has 4 rings (SSSR count). The third-order valence-corrected chi connectivity index (χ3v) is 5.43. The Morgan fingerprint density at radius 1 is 0.652 bits per heavy atom. The predicted molar refractivity (Wildman–Crippen MR) is 94.5 cm³/mol. The van der Waals surface area contributed by atoms with E-state index in [-0.39, 0.29) is 0 Å². The van der Waals surface area contributed by atoms with E-state index in [1.165, 1.54) is 64.2 Å². The van der Waals surface area contributed by atoms with Crippen molar-refractivity contribution in [1.29, 1.82) is 0 Å². The molecule has 0 aromatic heterocycles. The average molecular weight is 427 g/mol. The van der Waals surface area contributed by atoms with Crippen LogP contribution < -0.4 is 0 Å². The third-order valence-electron chi connectivity index (χ3n) is 5.43. The van der Waals surface area contributed by atoms with Crippen molar-refractivity contribution in [3.63, 3.8) is 0 Å². The second-order valence-corrected chi connectivity index (χ2v) is 10.4. The zero-order valence-electron chi connectivity index (χ0n) is 13.6. The van der Waals surface area contributed by atoms with E-state index in [9.17, 15) is 0 Å². The fraction of sp³-hybridized carbons (Fsp3) is 0.500. The number of halogens is 2. The van der Waals surface area contributed by atoms with E-state index in [2.05, 4.69) is 25.7 Å². The first-order valence-electron chi connectivity index (χ1n) is 8.82. The Morgan fingerprint density at radius 2 is 1.04 bits per heavy atom. The Morgan fingerprint density at radius 3 is 1.48 bits per heavy atom. The van der Waals surface area contributed by atoms with Crippen LogP contribution in [-0.4, -0.2) is 0 Å². The molecule has 4 saturated carbocycles. The van der Waals surface area contributed by atoms with Gasteiger partial charge in [-0.1, -0.05) is 25.7 Å². The summed E-state index contributed by atoms with van der Waals surface area (Å²) in [7, 11) is 9.87. The van der Waals surface area contributed by atoms with Crippen LogP contribution in [0.15, 0.2) is 0 Å². The van der Waals surface area contributed by atoms with Gasteiger partial charge >= 0.3 is 37.9 Å². The molecule has 0 aromatic carbocycles. The summed E-state index contributed by atoms with van der Waals surface area (Å²) in [6, 6.07) is 0. The summed E-state index contributed by atoms with van der Waals surface area (Å²) in [5.41, 5.74) is 0. The zero-order chi connectivity index (χ0) is 16.1. The second kappa shape index (κ2) is 9.97. The van der Waals surface area contributed by atoms with Gasteiger partial charge in [0.1, 0.15) is 0 Å². The molecule has 0 saturated heterocycles. The molecule has 0 aromatic rings. The topological polar surface area (TPSA) is 0 Å². The first kappa shape index (κ1) is 19.2. The SMILES string of the molecule is [CH]1[CH][C](CC[C]2[CH][CH][C]3CCCC[C]32)[C]2CCCC[C]12.[Cl][Zr+2][Cl]. The molecule has 10 radical (unpaired) electrons. The van der Waals surface area contributed by atoms with Crippen LogP contribution in [0.5, 0.6) is 0 Å². The summed E-state index contributed by atoms with van der Waals surface area (Å²) in [4.78, 5) is 0. The average Bonchev–Trinajstić information content (AvgIpc) is 3.18. The Labute approximate surface area is 162 Å². The zero-order valence-corrected chi connectivity index (χ0v) is 17.6. The molecule has 23 heavy (non-hydrogen) atoms. The van der Waals surface area contributed by atoms with Crippen LogP contribution in [-0.2, 0) is 20.8 Å². The van der Waals surface area contributed by atoms with E-state index < -0.39 is 20.8 Å². The van der Waals surface area contributed by atoms with E-state index in [1.54, 1.807) is 35.5 Å². The molecular weight excluding hydrogens is 402 g/mol. The molecule has 0 amide bonds. The van der Waals surface area contributed by atoms with Crippen molar-refractivity contribution in [2.24, 2.45) is 0 Å². The number of hydrogen-bond donors (Lipinski definition) is 0. The van der Waals surface area contributed by atoms with Gasteiger partial charge < -0.3 is 0 Å². The van der Waals surface area contributed by atoms with E-state index in [0.717, 1.165) is 0 Å². The van der Waals surface area contributed by atoms with E-state index in [4.69, 9.17) is 17.0 Å². The van der Waals surface area contributed by atoms with Crippen LogP contribution in [0.1, 0.15) is 64.2 Å². The molecular formula is C20H24Cl2Zr+2. The first-order valence-corrected chi connectivity index (χ1v) is 15.2. The molecule has 0 spiro atoms. The van der Waals surface area contributed by atoms with Crippen LogP contribution in [0.25, 0.3) is 0 Å². The molecule has 0 bridgehead atoms. The van der Waals surface area contributed by atoms with Gasteiger partial charge in [0.25, 0.3) is 0 Å². The minimum absolute atomic E-state index is 0.826. The van der Waals surface area contributed by atoms with Crippen LogP contribution in [0.2, 0.25) is 0 Å². The van der Waals surface area contributed by atoms with Crippen molar-refractivity contribution < 1.29 is 20.8 Å². The van der Waals surface area contributed by atoms with Crippen LogP contribution in [0, 0.1) is 61.2 Å². The molecule has 0 nitrogen and oxygen atoms in total. The number of rotatable bonds is 3. The maximum absolute atomic E-state index is 4.93. The number of fused-ring (bicyclic) bond motifs is 2. The molecule has 0 aliphatic heterocycles. The molecule has 0 heterocycles. The Balaban J connectivity index is 0.000000485. The van der Waals surface area contributed by atoms with E-state index >= 15 is 0 Å². The van der Waals surface area contributed by atoms with Gasteiger partial charge in [0.15, 0.2) is 0 Å². The summed E-state index contributed by atoms with van der Waals surface area (Å²) < 4.78 is 0. The van der Waals surface area contributed by atoms with Gasteiger partial charge in [0, 0.05) is 0 Å². The van der Waals surface area contributed by atoms with Crippen molar-refractivity contribution in [3.05, 3.63) is 61.2 Å². The molecule has 120 valence electrons. The summed E-state index contributed by atoms with van der Waals surface area (Å²) in [5, 5.41) is 0. The Bertz CT molecular complexity index is 317. The molecule has 4 aliphatic rings. The molecule has 4 fully saturated rings. The van der Waals surface area contributed by atoms with Gasteiger partial charge in [-0.2, -0.15) is 0 Å². The van der Waals surface area contributed by atoms with E-state index in [0.29, 0.717) is 0 Å². The minimum atomic E-state index is -0.826. The summed E-state index contributed by atoms with van der Waals surface area (Å²) in [5.74, 6) is 10.00. The molecule has 0 atom stereocenters. The van der Waals surface area contributed by atoms with Gasteiger partial charge in [0.2, 0.25) is 0 Å². The first-order chi connectivity index (χ1) is 11.3. The third kappa shape index (κ3) is 5.01. The van der Waals surface area contributed by atoms with Crippen molar-refractivity contribution >= 4 is 17.0 Å². The Hall–Kier alpha value is 1.46. The summed E-state index contributed by atoms with van der Waals surface area (Å²) in [6.07, 6.45) is 23.0. The fourth-order valence-corrected chi connectivity index (χ4v) is 4.30. The molecule has 0 unspecified atom stereocenters. The number of hydrogen-bond acceptors (Lipinski definition) is 0. The molecule has 0 N–H and O–H groups in total. The van der Waals surface area contributed by atoms with Crippen molar-refractivity contribution in [1.82, 2.24) is 0 Å². The standard InChI is InChI=1S/C20H24.2ClH.Zr/c1-3-7-19-15(5-1)9-11-17(19)13-14-18-12-10-16-6-2-4-8-20(16)18;;;/h9-12H,1-8,13-14H2;2*1H;/q;;;+4/p-2. The van der Waals surface area contributed by atoms with Gasteiger partial charge in [-0.15, -0.1) is 0 Å². The quantitative estimate of drug-likeness (QED) is 0.478. The van der Waals surface area contributed by atoms with Crippen molar-refractivity contribution in [3.8, 4) is 0 Å². The van der Waals surface area contributed by atoms with Gasteiger partial charge in [0.05, 0.1) is 0 Å². The second-order valence-electron chi connectivity index (χ2n) is 6.71. The fourth-order valence-electron chi connectivity index (χ4n) is 4.30. The predicted octanol–water partition coefficient (Wildman–Crippen LogP) is 6.58. The van der Waals surface area contributed by atoms with Gasteiger partial charge in [-0.3, -0.25) is 0 Å². The van der Waals surface area contributed by atoms with Crippen molar-refractivity contribution in [2.45, 2.75) is 64.2 Å². The summed E-state index contributed by atoms with van der Waals surface area (Å²) >= 11 is -0.826. The molecule has 3 heteroatoms. The Kier molecular flexibility index (Phi) is 8.33. The van der Waals surface area contributed by atoms with Crippen molar-refractivity contribution in [2.75, 3.05) is 0 Å². The van der Waals surface area contributed by atoms with Crippen LogP contribution >= 0.6 is 17.0 Å². The normalized spacial score (nSPS) is 28.1. The molecule has 4 aliphatic carbocycles.